The summed E-state index contributed by atoms with van der Waals surface area (Å²) in [7, 11) is 1.33. The van der Waals surface area contributed by atoms with Gasteiger partial charge in [-0.05, 0) is 25.1 Å². The third-order valence-electron chi connectivity index (χ3n) is 3.48. The quantitative estimate of drug-likeness (QED) is 0.624. The number of methoxy groups -OCH3 is 1. The van der Waals surface area contributed by atoms with Crippen LogP contribution in [0.25, 0.3) is 0 Å². The van der Waals surface area contributed by atoms with Crippen molar-refractivity contribution in [1.82, 2.24) is 0 Å². The molecule has 0 saturated carbocycles. The standard InChI is InChI=1S/C14H20N2O4/c1-9-8-20-11(7-17)6-16(9)10-3-4-13(15)12(5-10)14(18)19-2/h3-5,9,11,17H,6-8,15H2,1-2H3. The average molecular weight is 280 g/mol. The molecule has 1 saturated heterocycles. The fourth-order valence-electron chi connectivity index (χ4n) is 2.30. The van der Waals surface area contributed by atoms with E-state index >= 15 is 0 Å². The van der Waals surface area contributed by atoms with E-state index in [-0.39, 0.29) is 18.8 Å². The number of esters is 1. The highest BCUT2D eigenvalue weighted by atomic mass is 16.5. The number of benzene rings is 1. The van der Waals surface area contributed by atoms with Crippen LogP contribution < -0.4 is 10.6 Å². The first-order valence-electron chi connectivity index (χ1n) is 6.53. The Bertz CT molecular complexity index is 492. The number of carbonyl (C=O) groups is 1. The summed E-state index contributed by atoms with van der Waals surface area (Å²) < 4.78 is 10.2. The highest BCUT2D eigenvalue weighted by Gasteiger charge is 2.26. The number of hydrogen-bond donors (Lipinski definition) is 2. The van der Waals surface area contributed by atoms with Crippen LogP contribution in [0, 0.1) is 0 Å². The second-order valence-corrected chi connectivity index (χ2v) is 4.90. The topological polar surface area (TPSA) is 85.0 Å². The number of hydrogen-bond acceptors (Lipinski definition) is 6. The van der Waals surface area contributed by atoms with E-state index in [2.05, 4.69) is 4.90 Å². The molecule has 1 fully saturated rings. The van der Waals surface area contributed by atoms with E-state index in [9.17, 15) is 9.90 Å². The number of morpholine rings is 1. The zero-order valence-corrected chi connectivity index (χ0v) is 11.7. The molecule has 1 aliphatic rings. The Morgan fingerprint density at radius 2 is 2.35 bits per heavy atom. The van der Waals surface area contributed by atoms with Crippen molar-refractivity contribution in [3.05, 3.63) is 23.8 Å². The fraction of sp³-hybridized carbons (Fsp3) is 0.500. The zero-order valence-electron chi connectivity index (χ0n) is 11.7. The Morgan fingerprint density at radius 1 is 1.60 bits per heavy atom. The van der Waals surface area contributed by atoms with Gasteiger partial charge in [0.2, 0.25) is 0 Å². The monoisotopic (exact) mass is 280 g/mol. The van der Waals surface area contributed by atoms with Gasteiger partial charge in [0, 0.05) is 24.0 Å². The van der Waals surface area contributed by atoms with Gasteiger partial charge < -0.3 is 25.2 Å². The number of anilines is 2. The molecule has 2 rings (SSSR count). The summed E-state index contributed by atoms with van der Waals surface area (Å²) >= 11 is 0. The zero-order chi connectivity index (χ0) is 14.7. The second-order valence-electron chi connectivity index (χ2n) is 4.90. The molecule has 0 aromatic heterocycles. The Labute approximate surface area is 118 Å². The average Bonchev–Trinajstić information content (AvgIpc) is 2.47. The van der Waals surface area contributed by atoms with Crippen LogP contribution in [0.5, 0.6) is 0 Å². The van der Waals surface area contributed by atoms with E-state index in [1.807, 2.05) is 13.0 Å². The molecule has 110 valence electrons. The smallest absolute Gasteiger partial charge is 0.340 e. The van der Waals surface area contributed by atoms with Crippen LogP contribution in [0.4, 0.5) is 11.4 Å². The molecule has 1 heterocycles. The van der Waals surface area contributed by atoms with Crippen molar-refractivity contribution in [2.24, 2.45) is 0 Å². The number of nitrogens with two attached hydrogens (primary N) is 1. The minimum Gasteiger partial charge on any atom is -0.465 e. The molecule has 6 nitrogen and oxygen atoms in total. The Kier molecular flexibility index (Phi) is 4.46. The number of aliphatic hydroxyl groups is 1. The molecule has 0 amide bonds. The lowest BCUT2D eigenvalue weighted by Gasteiger charge is -2.39. The highest BCUT2D eigenvalue weighted by Crippen LogP contribution is 2.26. The second kappa shape index (κ2) is 6.11. The number of nitrogen functional groups attached to an aromatic ring is 1. The Hall–Kier alpha value is -1.79. The molecule has 1 aromatic rings. The van der Waals surface area contributed by atoms with Gasteiger partial charge in [-0.15, -0.1) is 0 Å². The highest BCUT2D eigenvalue weighted by molar-refractivity contribution is 5.96. The Morgan fingerprint density at radius 3 is 3.00 bits per heavy atom. The van der Waals surface area contributed by atoms with Crippen molar-refractivity contribution in [3.8, 4) is 0 Å². The molecule has 3 N–H and O–H groups in total. The van der Waals surface area contributed by atoms with Gasteiger partial charge >= 0.3 is 5.97 Å². The van der Waals surface area contributed by atoms with Gasteiger partial charge in [-0.25, -0.2) is 4.79 Å². The van der Waals surface area contributed by atoms with Crippen LogP contribution in [-0.4, -0.2) is 50.1 Å². The summed E-state index contributed by atoms with van der Waals surface area (Å²) in [5.74, 6) is -0.455. The van der Waals surface area contributed by atoms with Gasteiger partial charge in [-0.3, -0.25) is 0 Å². The molecule has 1 aliphatic heterocycles. The number of ether oxygens (including phenoxy) is 2. The van der Waals surface area contributed by atoms with Gasteiger partial charge in [-0.2, -0.15) is 0 Å². The largest absolute Gasteiger partial charge is 0.465 e. The van der Waals surface area contributed by atoms with Gasteiger partial charge in [0.05, 0.1) is 32.0 Å². The maximum absolute atomic E-state index is 11.7. The van der Waals surface area contributed by atoms with E-state index in [4.69, 9.17) is 15.2 Å². The van der Waals surface area contributed by atoms with Gasteiger partial charge in [-0.1, -0.05) is 0 Å². The van der Waals surface area contributed by atoms with Crippen molar-refractivity contribution in [3.63, 3.8) is 0 Å². The van der Waals surface area contributed by atoms with Gasteiger partial charge in [0.25, 0.3) is 0 Å². The molecular formula is C14H20N2O4. The molecule has 6 heteroatoms. The van der Waals surface area contributed by atoms with Crippen LogP contribution in [-0.2, 0) is 9.47 Å². The van der Waals surface area contributed by atoms with Crippen LogP contribution >= 0.6 is 0 Å². The maximum atomic E-state index is 11.7. The van der Waals surface area contributed by atoms with Crippen LogP contribution in [0.15, 0.2) is 18.2 Å². The van der Waals surface area contributed by atoms with Gasteiger partial charge in [0.15, 0.2) is 0 Å². The lowest BCUT2D eigenvalue weighted by molar-refractivity contribution is -0.0103. The third kappa shape index (κ3) is 2.86. The lowest BCUT2D eigenvalue weighted by Crippen LogP contribution is -2.49. The van der Waals surface area contributed by atoms with Crippen LogP contribution in [0.3, 0.4) is 0 Å². The first-order valence-corrected chi connectivity index (χ1v) is 6.53. The number of nitrogens with zero attached hydrogens (tertiary/aromatic N) is 1. The predicted octanol–water partition coefficient (Wildman–Crippen LogP) is 0.641. The lowest BCUT2D eigenvalue weighted by atomic mass is 10.1. The molecule has 0 aliphatic carbocycles. The summed E-state index contributed by atoms with van der Waals surface area (Å²) in [4.78, 5) is 13.8. The minimum absolute atomic E-state index is 0.0257. The van der Waals surface area contributed by atoms with Crippen molar-refractivity contribution in [2.45, 2.75) is 19.1 Å². The molecule has 0 bridgehead atoms. The molecule has 2 unspecified atom stereocenters. The molecule has 0 radical (unpaired) electrons. The number of rotatable bonds is 3. The Balaban J connectivity index is 2.29. The van der Waals surface area contributed by atoms with Crippen LogP contribution in [0.1, 0.15) is 17.3 Å². The molecule has 1 aromatic carbocycles. The summed E-state index contributed by atoms with van der Waals surface area (Å²) in [6.07, 6.45) is -0.217. The molecule has 0 spiro atoms. The van der Waals surface area contributed by atoms with E-state index in [1.165, 1.54) is 7.11 Å². The number of carbonyl (C=O) groups excluding carboxylic acids is 1. The minimum atomic E-state index is -0.455. The normalized spacial score (nSPS) is 22.6. The maximum Gasteiger partial charge on any atom is 0.340 e. The summed E-state index contributed by atoms with van der Waals surface area (Å²) in [6, 6.07) is 5.43. The van der Waals surface area contributed by atoms with Crippen molar-refractivity contribution >= 4 is 17.3 Å². The van der Waals surface area contributed by atoms with Crippen molar-refractivity contribution < 1.29 is 19.4 Å². The third-order valence-corrected chi connectivity index (χ3v) is 3.48. The SMILES string of the molecule is COC(=O)c1cc(N2CC(CO)OCC2C)ccc1N. The summed E-state index contributed by atoms with van der Waals surface area (Å²) in [5.41, 5.74) is 7.41. The number of aliphatic hydroxyl groups excluding tert-OH is 1. The fourth-order valence-corrected chi connectivity index (χ4v) is 2.30. The van der Waals surface area contributed by atoms with E-state index in [1.54, 1.807) is 12.1 Å². The first-order chi connectivity index (χ1) is 9.56. The molecular weight excluding hydrogens is 260 g/mol. The summed E-state index contributed by atoms with van der Waals surface area (Å²) in [5, 5.41) is 9.22. The van der Waals surface area contributed by atoms with E-state index in [0.29, 0.717) is 24.4 Å². The predicted molar refractivity (Wildman–Crippen MR) is 75.8 cm³/mol. The summed E-state index contributed by atoms with van der Waals surface area (Å²) in [6.45, 7) is 3.11. The first kappa shape index (κ1) is 14.6. The van der Waals surface area contributed by atoms with Crippen molar-refractivity contribution in [2.75, 3.05) is 37.5 Å². The molecule has 2 atom stereocenters. The van der Waals surface area contributed by atoms with Crippen molar-refractivity contribution in [1.29, 1.82) is 0 Å². The van der Waals surface area contributed by atoms with Crippen LogP contribution in [0.2, 0.25) is 0 Å². The molecule has 20 heavy (non-hydrogen) atoms. The van der Waals surface area contributed by atoms with E-state index in [0.717, 1.165) is 5.69 Å². The van der Waals surface area contributed by atoms with E-state index < -0.39 is 5.97 Å². The van der Waals surface area contributed by atoms with Gasteiger partial charge in [0.1, 0.15) is 0 Å².